The Kier molecular flexibility index (Phi) is 9.68. The summed E-state index contributed by atoms with van der Waals surface area (Å²) in [4.78, 5) is 33.7. The maximum absolute atomic E-state index is 14.9. The van der Waals surface area contributed by atoms with Crippen LogP contribution in [0.5, 0.6) is 0 Å². The van der Waals surface area contributed by atoms with E-state index in [1.807, 2.05) is 5.32 Å². The molecule has 2 aromatic carbocycles. The molecule has 0 saturated carbocycles. The van der Waals surface area contributed by atoms with Gasteiger partial charge in [0.1, 0.15) is 35.1 Å². The highest BCUT2D eigenvalue weighted by Crippen LogP contribution is 2.39. The fourth-order valence-corrected chi connectivity index (χ4v) is 4.78. The summed E-state index contributed by atoms with van der Waals surface area (Å²) in [5.74, 6) is -5.65. The molecule has 4 rings (SSSR count). The number of fused-ring (bicyclic) bond motifs is 1. The van der Waals surface area contributed by atoms with Crippen LogP contribution in [0.1, 0.15) is 34.8 Å². The van der Waals surface area contributed by atoms with Gasteiger partial charge in [-0.05, 0) is 42.3 Å². The van der Waals surface area contributed by atoms with Gasteiger partial charge in [-0.1, -0.05) is 25.1 Å². The third-order valence-corrected chi connectivity index (χ3v) is 6.97. The molecule has 2 heterocycles. The van der Waals surface area contributed by atoms with Crippen LogP contribution in [0.4, 0.5) is 46.6 Å². The molecule has 0 spiro atoms. The number of carbonyl (C=O) groups excluding carboxylic acids is 2. The lowest BCUT2D eigenvalue weighted by Crippen LogP contribution is -2.43. The van der Waals surface area contributed by atoms with Gasteiger partial charge in [-0.3, -0.25) is 9.78 Å². The lowest BCUT2D eigenvalue weighted by Gasteiger charge is -2.22. The van der Waals surface area contributed by atoms with Crippen LogP contribution in [0.3, 0.4) is 0 Å². The highest BCUT2D eigenvalue weighted by molar-refractivity contribution is 5.99. The van der Waals surface area contributed by atoms with Gasteiger partial charge in [-0.15, -0.1) is 0 Å². The molecule has 4 aromatic rings. The van der Waals surface area contributed by atoms with Gasteiger partial charge in [0.25, 0.3) is 5.91 Å². The maximum atomic E-state index is 14.9. The average molecular weight is 656 g/mol. The number of esters is 1. The lowest BCUT2D eigenvalue weighted by molar-refractivity contribution is -0.143. The molecule has 0 unspecified atom stereocenters. The molecular formula is C30H25F8N5O3. The number of methoxy groups -OCH3 is 1. The molecule has 0 aliphatic heterocycles. The van der Waals surface area contributed by atoms with Crippen LogP contribution in [-0.4, -0.2) is 47.2 Å². The second-order valence-corrected chi connectivity index (χ2v) is 10.0. The first-order valence-corrected chi connectivity index (χ1v) is 13.5. The zero-order chi connectivity index (χ0) is 34.0. The second kappa shape index (κ2) is 13.1. The van der Waals surface area contributed by atoms with Crippen molar-refractivity contribution in [3.05, 3.63) is 83.1 Å². The summed E-state index contributed by atoms with van der Waals surface area (Å²) in [7, 11) is 0.987. The average Bonchev–Trinajstić information content (AvgIpc) is 2.97. The van der Waals surface area contributed by atoms with E-state index in [0.29, 0.717) is 12.1 Å². The zero-order valence-electron chi connectivity index (χ0n) is 24.0. The largest absolute Gasteiger partial charge is 0.467 e. The van der Waals surface area contributed by atoms with E-state index >= 15 is 0 Å². The Bertz CT molecular complexity index is 1760. The predicted octanol–water partition coefficient (Wildman–Crippen LogP) is 6.44. The fraction of sp³-hybridized carbons (Fsp3) is 0.267. The van der Waals surface area contributed by atoms with E-state index in [1.165, 1.54) is 37.4 Å². The molecule has 2 aromatic heterocycles. The molecule has 0 bridgehead atoms. The van der Waals surface area contributed by atoms with Crippen molar-refractivity contribution in [3.8, 4) is 11.3 Å². The molecule has 0 aliphatic rings. The summed E-state index contributed by atoms with van der Waals surface area (Å²) in [6, 6.07) is 4.71. The highest BCUT2D eigenvalue weighted by Gasteiger charge is 2.39. The molecule has 0 aliphatic carbocycles. The van der Waals surface area contributed by atoms with Crippen molar-refractivity contribution in [3.63, 3.8) is 0 Å². The van der Waals surface area contributed by atoms with Crippen LogP contribution >= 0.6 is 0 Å². The number of nitrogens with one attached hydrogen (secondary N) is 2. The van der Waals surface area contributed by atoms with Crippen molar-refractivity contribution >= 4 is 34.3 Å². The third-order valence-electron chi connectivity index (χ3n) is 6.97. The van der Waals surface area contributed by atoms with E-state index < -0.39 is 76.9 Å². The van der Waals surface area contributed by atoms with Gasteiger partial charge in [0.15, 0.2) is 0 Å². The third kappa shape index (κ3) is 7.26. The van der Waals surface area contributed by atoms with Crippen LogP contribution < -0.4 is 16.4 Å². The zero-order valence-corrected chi connectivity index (χ0v) is 24.0. The lowest BCUT2D eigenvalue weighted by atomic mass is 9.95. The molecule has 0 radical (unpaired) electrons. The van der Waals surface area contributed by atoms with Gasteiger partial charge in [0, 0.05) is 29.3 Å². The van der Waals surface area contributed by atoms with Crippen molar-refractivity contribution in [2.75, 3.05) is 18.2 Å². The van der Waals surface area contributed by atoms with E-state index in [4.69, 9.17) is 10.5 Å². The molecule has 8 nitrogen and oxygen atoms in total. The first kappa shape index (κ1) is 33.9. The molecule has 244 valence electrons. The minimum atomic E-state index is -4.79. The van der Waals surface area contributed by atoms with E-state index in [0.717, 1.165) is 19.2 Å². The summed E-state index contributed by atoms with van der Waals surface area (Å²) < 4.78 is 115. The number of anilines is 2. The number of aromatic nitrogens is 2. The number of ether oxygens (including phenoxy) is 1. The number of amides is 1. The van der Waals surface area contributed by atoms with E-state index in [-0.39, 0.29) is 34.3 Å². The number of halogens is 8. The molecule has 0 fully saturated rings. The van der Waals surface area contributed by atoms with Gasteiger partial charge in [-0.2, -0.15) is 26.3 Å². The van der Waals surface area contributed by atoms with Crippen LogP contribution in [0.25, 0.3) is 22.2 Å². The SMILES string of the molecule is CC[C@@H](Nc1cc(F)c(C(=O)N[C@@H](Cc2ccc(-c3nc(N)ccc3C(F)(F)F)c3ncccc23)C(=O)OC)c(F)c1)C(F)(F)F. The van der Waals surface area contributed by atoms with Crippen molar-refractivity contribution in [1.82, 2.24) is 15.3 Å². The summed E-state index contributed by atoms with van der Waals surface area (Å²) >= 11 is 0. The number of nitrogen functional groups attached to an aromatic ring is 1. The van der Waals surface area contributed by atoms with Crippen molar-refractivity contribution in [1.29, 1.82) is 0 Å². The van der Waals surface area contributed by atoms with E-state index in [1.54, 1.807) is 0 Å². The van der Waals surface area contributed by atoms with Gasteiger partial charge in [0.2, 0.25) is 0 Å². The van der Waals surface area contributed by atoms with Crippen LogP contribution in [0, 0.1) is 11.6 Å². The van der Waals surface area contributed by atoms with Gasteiger partial charge in [0.05, 0.1) is 23.9 Å². The Morgan fingerprint density at radius 1 is 1.00 bits per heavy atom. The normalized spacial score (nSPS) is 13.3. The minimum absolute atomic E-state index is 0.0358. The van der Waals surface area contributed by atoms with E-state index in [9.17, 15) is 44.7 Å². The number of pyridine rings is 2. The molecule has 2 atom stereocenters. The number of benzene rings is 2. The van der Waals surface area contributed by atoms with Gasteiger partial charge in [-0.25, -0.2) is 18.6 Å². The molecule has 46 heavy (non-hydrogen) atoms. The molecule has 16 heteroatoms. The topological polar surface area (TPSA) is 119 Å². The molecular weight excluding hydrogens is 630 g/mol. The number of carbonyl (C=O) groups is 2. The summed E-state index contributed by atoms with van der Waals surface area (Å²) in [5.41, 5.74) is 2.65. The number of hydrogen-bond donors (Lipinski definition) is 3. The fourth-order valence-electron chi connectivity index (χ4n) is 4.78. The van der Waals surface area contributed by atoms with Crippen LogP contribution in [0.15, 0.2) is 54.7 Å². The second-order valence-electron chi connectivity index (χ2n) is 10.0. The number of hydrogen-bond acceptors (Lipinski definition) is 7. The number of nitrogens with two attached hydrogens (primary N) is 1. The quantitative estimate of drug-likeness (QED) is 0.140. The molecule has 0 saturated heterocycles. The standard InChI is InChI=1S/C30H25F8N5O3/c1-3-22(30(36,37)38)41-15-12-19(31)24(20(32)13-15)27(44)42-21(28(45)46-2)11-14-6-7-17(25-16(14)5-4-10-40-25)26-18(29(33,34)35)8-9-23(39)43-26/h4-10,12-13,21-22,41H,3,11H2,1-2H3,(H2,39,43)(H,42,44)/t21-,22+/m0/s1. The summed E-state index contributed by atoms with van der Waals surface area (Å²) in [6.07, 6.45) is -9.00. The number of alkyl halides is 6. The van der Waals surface area contributed by atoms with E-state index in [2.05, 4.69) is 15.3 Å². The minimum Gasteiger partial charge on any atom is -0.467 e. The predicted molar refractivity (Wildman–Crippen MR) is 151 cm³/mol. The molecule has 4 N–H and O–H groups in total. The Morgan fingerprint density at radius 3 is 2.26 bits per heavy atom. The van der Waals surface area contributed by atoms with Crippen molar-refractivity contribution in [2.24, 2.45) is 0 Å². The monoisotopic (exact) mass is 655 g/mol. The van der Waals surface area contributed by atoms with Gasteiger partial charge < -0.3 is 21.1 Å². The van der Waals surface area contributed by atoms with Crippen LogP contribution in [-0.2, 0) is 22.1 Å². The Balaban J connectivity index is 1.68. The number of rotatable bonds is 9. The smallest absolute Gasteiger partial charge is 0.418 e. The van der Waals surface area contributed by atoms with Crippen LogP contribution in [0.2, 0.25) is 0 Å². The van der Waals surface area contributed by atoms with Crippen molar-refractivity contribution < 1.29 is 49.4 Å². The summed E-state index contributed by atoms with van der Waals surface area (Å²) in [5, 5.41) is 4.39. The Morgan fingerprint density at radius 2 is 1.67 bits per heavy atom. The number of nitrogens with zero attached hydrogens (tertiary/aromatic N) is 2. The summed E-state index contributed by atoms with van der Waals surface area (Å²) in [6.45, 7) is 1.22. The highest BCUT2D eigenvalue weighted by atomic mass is 19.4. The Hall–Kier alpha value is -5.02. The first-order chi connectivity index (χ1) is 21.5. The van der Waals surface area contributed by atoms with Crippen molar-refractivity contribution in [2.45, 2.75) is 44.2 Å². The molecule has 1 amide bonds. The van der Waals surface area contributed by atoms with Gasteiger partial charge >= 0.3 is 18.3 Å². The maximum Gasteiger partial charge on any atom is 0.418 e. The first-order valence-electron chi connectivity index (χ1n) is 13.5. The Labute approximate surface area is 256 Å².